The Bertz CT molecular complexity index is 304. The van der Waals surface area contributed by atoms with Crippen LogP contribution in [-0.4, -0.2) is 12.1 Å². The fourth-order valence-corrected chi connectivity index (χ4v) is 4.96. The predicted octanol–water partition coefficient (Wildman–Crippen LogP) is 5.01. The minimum atomic E-state index is 0.496. The fourth-order valence-electron chi connectivity index (χ4n) is 4.96. The van der Waals surface area contributed by atoms with E-state index in [0.717, 1.165) is 23.9 Å². The average molecular weight is 265 g/mol. The highest BCUT2D eigenvalue weighted by molar-refractivity contribution is 5.12. The molecular formula is C18H35N. The summed E-state index contributed by atoms with van der Waals surface area (Å²) in [5.41, 5.74) is 1.06. The van der Waals surface area contributed by atoms with E-state index in [1.807, 2.05) is 0 Å². The molecule has 0 aliphatic heterocycles. The normalized spacial score (nSPS) is 39.5. The first kappa shape index (κ1) is 15.4. The smallest absolute Gasteiger partial charge is 0.0177 e. The van der Waals surface area contributed by atoms with Crippen molar-refractivity contribution in [2.24, 2.45) is 22.7 Å². The standard InChI is InChI=1S/C18H35N/c1-7-13(3)11-15(8-2)19-16-17(4,5)14-9-10-18(16,6)12-14/h13-16,19H,7-12H2,1-6H3. The van der Waals surface area contributed by atoms with E-state index in [0.29, 0.717) is 10.8 Å². The number of nitrogens with one attached hydrogen (secondary N) is 1. The van der Waals surface area contributed by atoms with Crippen molar-refractivity contribution in [3.63, 3.8) is 0 Å². The van der Waals surface area contributed by atoms with Gasteiger partial charge in [-0.3, -0.25) is 0 Å². The molecule has 0 radical (unpaired) electrons. The van der Waals surface area contributed by atoms with Crippen molar-refractivity contribution in [1.82, 2.24) is 5.32 Å². The maximum Gasteiger partial charge on any atom is 0.0177 e. The zero-order chi connectivity index (χ0) is 14.3. The first-order chi connectivity index (χ1) is 8.83. The van der Waals surface area contributed by atoms with Gasteiger partial charge in [-0.15, -0.1) is 0 Å². The lowest BCUT2D eigenvalue weighted by Crippen LogP contribution is -2.53. The Balaban J connectivity index is 2.04. The van der Waals surface area contributed by atoms with Gasteiger partial charge in [-0.2, -0.15) is 0 Å². The molecule has 1 N–H and O–H groups in total. The van der Waals surface area contributed by atoms with E-state index in [1.165, 1.54) is 38.5 Å². The number of fused-ring (bicyclic) bond motifs is 2. The summed E-state index contributed by atoms with van der Waals surface area (Å²) in [4.78, 5) is 0. The van der Waals surface area contributed by atoms with Gasteiger partial charge in [0.2, 0.25) is 0 Å². The first-order valence-electron chi connectivity index (χ1n) is 8.59. The van der Waals surface area contributed by atoms with Gasteiger partial charge in [-0.1, -0.05) is 48.0 Å². The average Bonchev–Trinajstić information content (AvgIpc) is 2.83. The lowest BCUT2D eigenvalue weighted by Gasteiger charge is -2.45. The van der Waals surface area contributed by atoms with Crippen LogP contribution >= 0.6 is 0 Å². The Labute approximate surface area is 120 Å². The maximum atomic E-state index is 4.09. The van der Waals surface area contributed by atoms with E-state index in [-0.39, 0.29) is 0 Å². The van der Waals surface area contributed by atoms with Crippen LogP contribution in [0.25, 0.3) is 0 Å². The second-order valence-corrected chi connectivity index (χ2v) is 8.37. The third kappa shape index (κ3) is 2.73. The summed E-state index contributed by atoms with van der Waals surface area (Å²) in [6.07, 6.45) is 8.30. The summed E-state index contributed by atoms with van der Waals surface area (Å²) in [6, 6.07) is 1.45. The molecule has 0 aromatic rings. The highest BCUT2D eigenvalue weighted by Gasteiger charge is 2.59. The molecule has 19 heavy (non-hydrogen) atoms. The number of hydrogen-bond acceptors (Lipinski definition) is 1. The summed E-state index contributed by atoms with van der Waals surface area (Å²) < 4.78 is 0. The van der Waals surface area contributed by atoms with E-state index < -0.39 is 0 Å². The van der Waals surface area contributed by atoms with Gasteiger partial charge in [0.05, 0.1) is 0 Å². The molecular weight excluding hydrogens is 230 g/mol. The topological polar surface area (TPSA) is 12.0 Å². The molecule has 0 aromatic heterocycles. The van der Waals surface area contributed by atoms with E-state index in [9.17, 15) is 0 Å². The van der Waals surface area contributed by atoms with E-state index in [2.05, 4.69) is 46.9 Å². The highest BCUT2D eigenvalue weighted by Crippen LogP contribution is 2.62. The second kappa shape index (κ2) is 5.39. The van der Waals surface area contributed by atoms with Crippen LogP contribution in [0.4, 0.5) is 0 Å². The fraction of sp³-hybridized carbons (Fsp3) is 1.00. The maximum absolute atomic E-state index is 4.09. The molecule has 5 atom stereocenters. The van der Waals surface area contributed by atoms with Gasteiger partial charge in [0, 0.05) is 12.1 Å². The SMILES string of the molecule is CCC(C)CC(CC)NC1C2(C)CCC(C2)C1(C)C. The van der Waals surface area contributed by atoms with Crippen molar-refractivity contribution >= 4 is 0 Å². The molecule has 2 aliphatic carbocycles. The van der Waals surface area contributed by atoms with Crippen molar-refractivity contribution in [1.29, 1.82) is 0 Å². The predicted molar refractivity (Wildman–Crippen MR) is 84.3 cm³/mol. The molecule has 0 spiro atoms. The number of hydrogen-bond donors (Lipinski definition) is 1. The van der Waals surface area contributed by atoms with Crippen LogP contribution in [0.3, 0.4) is 0 Å². The highest BCUT2D eigenvalue weighted by atomic mass is 15.0. The third-order valence-electron chi connectivity index (χ3n) is 6.55. The molecule has 1 heteroatoms. The number of rotatable bonds is 6. The first-order valence-corrected chi connectivity index (χ1v) is 8.59. The van der Waals surface area contributed by atoms with Crippen LogP contribution in [0.1, 0.15) is 80.1 Å². The van der Waals surface area contributed by atoms with Crippen molar-refractivity contribution in [2.45, 2.75) is 92.2 Å². The molecule has 0 amide bonds. The van der Waals surface area contributed by atoms with Crippen LogP contribution in [0, 0.1) is 22.7 Å². The molecule has 5 unspecified atom stereocenters. The van der Waals surface area contributed by atoms with E-state index in [1.54, 1.807) is 0 Å². The molecule has 0 saturated heterocycles. The summed E-state index contributed by atoms with van der Waals surface area (Å²) in [5, 5.41) is 4.09. The minimum absolute atomic E-state index is 0.496. The minimum Gasteiger partial charge on any atom is -0.310 e. The molecule has 1 nitrogen and oxygen atoms in total. The zero-order valence-electron chi connectivity index (χ0n) is 14.1. The van der Waals surface area contributed by atoms with Gasteiger partial charge in [0.1, 0.15) is 0 Å². The van der Waals surface area contributed by atoms with Crippen LogP contribution in [0.15, 0.2) is 0 Å². The molecule has 2 bridgehead atoms. The molecule has 0 heterocycles. The quantitative estimate of drug-likeness (QED) is 0.712. The van der Waals surface area contributed by atoms with Gasteiger partial charge in [-0.25, -0.2) is 0 Å². The summed E-state index contributed by atoms with van der Waals surface area (Å²) in [6.45, 7) is 14.6. The van der Waals surface area contributed by atoms with E-state index >= 15 is 0 Å². The molecule has 0 aromatic carbocycles. The molecule has 2 saturated carbocycles. The van der Waals surface area contributed by atoms with Gasteiger partial charge >= 0.3 is 0 Å². The van der Waals surface area contributed by atoms with Crippen LogP contribution in [0.2, 0.25) is 0 Å². The Kier molecular flexibility index (Phi) is 4.35. The second-order valence-electron chi connectivity index (χ2n) is 8.37. The van der Waals surface area contributed by atoms with Gasteiger partial charge in [0.25, 0.3) is 0 Å². The summed E-state index contributed by atoms with van der Waals surface area (Å²) in [7, 11) is 0. The Morgan fingerprint density at radius 3 is 2.32 bits per heavy atom. The van der Waals surface area contributed by atoms with Crippen molar-refractivity contribution in [2.75, 3.05) is 0 Å². The van der Waals surface area contributed by atoms with E-state index in [4.69, 9.17) is 0 Å². The van der Waals surface area contributed by atoms with Gasteiger partial charge in [-0.05, 0) is 54.8 Å². The molecule has 2 rings (SSSR count). The molecule has 2 fully saturated rings. The van der Waals surface area contributed by atoms with Crippen molar-refractivity contribution < 1.29 is 0 Å². The lowest BCUT2D eigenvalue weighted by molar-refractivity contribution is 0.0940. The van der Waals surface area contributed by atoms with Crippen LogP contribution in [0.5, 0.6) is 0 Å². The summed E-state index contributed by atoms with van der Waals surface area (Å²) in [5.74, 6) is 1.81. The Morgan fingerprint density at radius 1 is 1.16 bits per heavy atom. The lowest BCUT2D eigenvalue weighted by atomic mass is 9.68. The van der Waals surface area contributed by atoms with Gasteiger partial charge in [0.15, 0.2) is 0 Å². The monoisotopic (exact) mass is 265 g/mol. The molecule has 2 aliphatic rings. The van der Waals surface area contributed by atoms with Crippen LogP contribution in [-0.2, 0) is 0 Å². The van der Waals surface area contributed by atoms with Crippen molar-refractivity contribution in [3.8, 4) is 0 Å². The van der Waals surface area contributed by atoms with Crippen molar-refractivity contribution in [3.05, 3.63) is 0 Å². The third-order valence-corrected chi connectivity index (χ3v) is 6.55. The summed E-state index contributed by atoms with van der Waals surface area (Å²) >= 11 is 0. The molecule has 112 valence electrons. The zero-order valence-corrected chi connectivity index (χ0v) is 14.1. The van der Waals surface area contributed by atoms with Crippen LogP contribution < -0.4 is 5.32 Å². The largest absolute Gasteiger partial charge is 0.310 e. The Morgan fingerprint density at radius 2 is 1.84 bits per heavy atom. The van der Waals surface area contributed by atoms with Gasteiger partial charge < -0.3 is 5.32 Å². The Hall–Kier alpha value is -0.0400.